The molecule has 0 aliphatic carbocycles. The lowest BCUT2D eigenvalue weighted by Gasteiger charge is -2.17. The van der Waals surface area contributed by atoms with Gasteiger partial charge in [0.05, 0.1) is 13.5 Å². The summed E-state index contributed by atoms with van der Waals surface area (Å²) in [5.41, 5.74) is 1.63. The molecule has 0 spiro atoms. The Balaban J connectivity index is 1.91. The Morgan fingerprint density at radius 2 is 1.53 bits per heavy atom. The predicted molar refractivity (Wildman–Crippen MR) is 116 cm³/mol. The highest BCUT2D eigenvalue weighted by Crippen LogP contribution is 2.15. The molecule has 0 fully saturated rings. The maximum Gasteiger partial charge on any atom is 0.328 e. The summed E-state index contributed by atoms with van der Waals surface area (Å²) in [6.07, 6.45) is 0.981. The zero-order valence-corrected chi connectivity index (χ0v) is 18.1. The Hall–Kier alpha value is -3.68. The molecule has 32 heavy (non-hydrogen) atoms. The summed E-state index contributed by atoms with van der Waals surface area (Å²) in [5.74, 6) is -0.972. The first-order valence-electron chi connectivity index (χ1n) is 10.2. The van der Waals surface area contributed by atoms with Gasteiger partial charge in [-0.15, -0.1) is 0 Å². The van der Waals surface area contributed by atoms with Crippen LogP contribution in [0.1, 0.15) is 37.3 Å². The summed E-state index contributed by atoms with van der Waals surface area (Å²) in [6.45, 7) is 1.41. The zero-order chi connectivity index (χ0) is 23.5. The largest absolute Gasteiger partial charge is 0.508 e. The van der Waals surface area contributed by atoms with E-state index in [4.69, 9.17) is 9.47 Å². The van der Waals surface area contributed by atoms with Crippen molar-refractivity contribution in [2.45, 2.75) is 45.1 Å². The summed E-state index contributed by atoms with van der Waals surface area (Å²) in [5, 5.41) is 12.0. The van der Waals surface area contributed by atoms with Crippen molar-refractivity contribution in [3.05, 3.63) is 59.7 Å². The summed E-state index contributed by atoms with van der Waals surface area (Å²) >= 11 is 0. The summed E-state index contributed by atoms with van der Waals surface area (Å²) in [7, 11) is 1.25. The minimum Gasteiger partial charge on any atom is -0.508 e. The number of Topliss-reactive ketones (excluding diaryl/α,β-unsaturated/α-hetero) is 1. The second-order valence-electron chi connectivity index (χ2n) is 7.33. The second kappa shape index (κ2) is 12.2. The van der Waals surface area contributed by atoms with Crippen LogP contribution in [0.2, 0.25) is 0 Å². The van der Waals surface area contributed by atoms with Crippen LogP contribution in [-0.2, 0) is 36.8 Å². The molecule has 0 aromatic heterocycles. The number of aromatic hydroxyl groups is 1. The van der Waals surface area contributed by atoms with E-state index in [0.29, 0.717) is 12.2 Å². The van der Waals surface area contributed by atoms with Crippen molar-refractivity contribution in [1.82, 2.24) is 5.32 Å². The molecule has 0 saturated carbocycles. The Labute approximate surface area is 186 Å². The van der Waals surface area contributed by atoms with Crippen LogP contribution in [0.15, 0.2) is 48.5 Å². The van der Waals surface area contributed by atoms with Gasteiger partial charge in [-0.2, -0.15) is 0 Å². The van der Waals surface area contributed by atoms with Crippen molar-refractivity contribution in [1.29, 1.82) is 0 Å². The molecule has 2 rings (SSSR count). The van der Waals surface area contributed by atoms with Crippen molar-refractivity contribution in [3.8, 4) is 11.5 Å². The van der Waals surface area contributed by atoms with Gasteiger partial charge in [0.2, 0.25) is 5.91 Å². The minimum atomic E-state index is -0.865. The Kier molecular flexibility index (Phi) is 9.41. The van der Waals surface area contributed by atoms with Gasteiger partial charge < -0.3 is 24.7 Å². The number of phenolic OH excluding ortho intramolecular Hbond substituents is 1. The third kappa shape index (κ3) is 8.59. The fourth-order valence-electron chi connectivity index (χ4n) is 2.91. The molecule has 1 unspecified atom stereocenters. The van der Waals surface area contributed by atoms with E-state index in [1.807, 2.05) is 0 Å². The SMILES string of the molecule is COC(=O)C(Cc1ccc(OC(=O)CCC(C)=O)cc1)NC(=O)CCc1ccc(O)cc1. The van der Waals surface area contributed by atoms with Gasteiger partial charge in [-0.05, 0) is 48.7 Å². The van der Waals surface area contributed by atoms with Gasteiger partial charge in [0.15, 0.2) is 0 Å². The molecule has 8 heteroatoms. The molecule has 1 atom stereocenters. The Morgan fingerprint density at radius 3 is 2.12 bits per heavy atom. The number of amides is 1. The van der Waals surface area contributed by atoms with Crippen LogP contribution in [0.4, 0.5) is 0 Å². The van der Waals surface area contributed by atoms with Gasteiger partial charge in [-0.25, -0.2) is 4.79 Å². The van der Waals surface area contributed by atoms with Gasteiger partial charge in [-0.1, -0.05) is 24.3 Å². The number of hydrogen-bond donors (Lipinski definition) is 2. The van der Waals surface area contributed by atoms with E-state index in [1.165, 1.54) is 14.0 Å². The van der Waals surface area contributed by atoms with Gasteiger partial charge in [0.25, 0.3) is 0 Å². The number of esters is 2. The average molecular weight is 441 g/mol. The number of hydrogen-bond acceptors (Lipinski definition) is 7. The van der Waals surface area contributed by atoms with Crippen molar-refractivity contribution < 1.29 is 33.8 Å². The van der Waals surface area contributed by atoms with Crippen LogP contribution in [0.25, 0.3) is 0 Å². The quantitative estimate of drug-likeness (QED) is 0.406. The van der Waals surface area contributed by atoms with Crippen LogP contribution in [0, 0.1) is 0 Å². The number of ketones is 1. The summed E-state index contributed by atoms with van der Waals surface area (Å²) in [4.78, 5) is 47.1. The lowest BCUT2D eigenvalue weighted by Crippen LogP contribution is -2.43. The number of phenols is 1. The first-order valence-corrected chi connectivity index (χ1v) is 10.2. The molecule has 2 N–H and O–H groups in total. The number of carbonyl (C=O) groups excluding carboxylic acids is 4. The molecular formula is C24H27NO7. The zero-order valence-electron chi connectivity index (χ0n) is 18.1. The normalized spacial score (nSPS) is 11.3. The molecule has 170 valence electrons. The number of ether oxygens (including phenoxy) is 2. The molecule has 2 aromatic carbocycles. The predicted octanol–water partition coefficient (Wildman–Crippen LogP) is 2.50. The molecular weight excluding hydrogens is 414 g/mol. The van der Waals surface area contributed by atoms with Crippen LogP contribution >= 0.6 is 0 Å². The average Bonchev–Trinajstić information content (AvgIpc) is 2.77. The lowest BCUT2D eigenvalue weighted by atomic mass is 10.0. The van der Waals surface area contributed by atoms with E-state index < -0.39 is 18.0 Å². The van der Waals surface area contributed by atoms with Crippen LogP contribution < -0.4 is 10.1 Å². The third-order valence-electron chi connectivity index (χ3n) is 4.67. The molecule has 0 bridgehead atoms. The maximum atomic E-state index is 12.3. The molecule has 0 aliphatic rings. The second-order valence-corrected chi connectivity index (χ2v) is 7.33. The molecule has 0 radical (unpaired) electrons. The van der Waals surface area contributed by atoms with Crippen molar-refractivity contribution in [3.63, 3.8) is 0 Å². The van der Waals surface area contributed by atoms with E-state index in [2.05, 4.69) is 5.32 Å². The third-order valence-corrected chi connectivity index (χ3v) is 4.67. The first-order chi connectivity index (χ1) is 15.3. The highest BCUT2D eigenvalue weighted by molar-refractivity contribution is 5.85. The van der Waals surface area contributed by atoms with Gasteiger partial charge in [-0.3, -0.25) is 9.59 Å². The summed E-state index contributed by atoms with van der Waals surface area (Å²) in [6, 6.07) is 12.2. The van der Waals surface area contributed by atoms with Crippen molar-refractivity contribution >= 4 is 23.6 Å². The van der Waals surface area contributed by atoms with Crippen molar-refractivity contribution in [2.24, 2.45) is 0 Å². The van der Waals surface area contributed by atoms with Gasteiger partial charge in [0, 0.05) is 19.3 Å². The number of benzene rings is 2. The molecule has 0 aliphatic heterocycles. The molecule has 8 nitrogen and oxygen atoms in total. The highest BCUT2D eigenvalue weighted by Gasteiger charge is 2.22. The van der Waals surface area contributed by atoms with E-state index in [9.17, 15) is 24.3 Å². The fraction of sp³-hybridized carbons (Fsp3) is 0.333. The fourth-order valence-corrected chi connectivity index (χ4v) is 2.91. The highest BCUT2D eigenvalue weighted by atomic mass is 16.5. The number of carbonyl (C=O) groups is 4. The van der Waals surface area contributed by atoms with Crippen LogP contribution in [0.5, 0.6) is 11.5 Å². The first kappa shape index (κ1) is 24.6. The van der Waals surface area contributed by atoms with E-state index in [1.54, 1.807) is 48.5 Å². The Morgan fingerprint density at radius 1 is 0.906 bits per heavy atom. The molecule has 0 saturated heterocycles. The lowest BCUT2D eigenvalue weighted by molar-refractivity contribution is -0.145. The molecule has 2 aromatic rings. The minimum absolute atomic E-state index is 0.0116. The summed E-state index contributed by atoms with van der Waals surface area (Å²) < 4.78 is 9.98. The number of nitrogens with one attached hydrogen (secondary N) is 1. The number of aryl methyl sites for hydroxylation is 1. The van der Waals surface area contributed by atoms with Crippen LogP contribution in [0.3, 0.4) is 0 Å². The molecule has 0 heterocycles. The number of methoxy groups -OCH3 is 1. The van der Waals surface area contributed by atoms with E-state index in [0.717, 1.165) is 11.1 Å². The van der Waals surface area contributed by atoms with Crippen molar-refractivity contribution in [2.75, 3.05) is 7.11 Å². The standard InChI is InChI=1S/C24H27NO7/c1-16(26)3-14-23(29)32-20-11-6-18(7-12-20)15-21(24(30)31-2)25-22(28)13-8-17-4-9-19(27)10-5-17/h4-7,9-12,21,27H,3,8,13-15H2,1-2H3,(H,25,28). The van der Waals surface area contributed by atoms with Gasteiger partial charge >= 0.3 is 11.9 Å². The topological polar surface area (TPSA) is 119 Å². The van der Waals surface area contributed by atoms with E-state index in [-0.39, 0.29) is 43.1 Å². The van der Waals surface area contributed by atoms with Crippen LogP contribution in [-0.4, -0.2) is 41.9 Å². The van der Waals surface area contributed by atoms with E-state index >= 15 is 0 Å². The number of rotatable bonds is 11. The maximum absolute atomic E-state index is 12.3. The monoisotopic (exact) mass is 441 g/mol. The Bertz CT molecular complexity index is 936. The smallest absolute Gasteiger partial charge is 0.328 e. The van der Waals surface area contributed by atoms with Gasteiger partial charge in [0.1, 0.15) is 23.3 Å². The molecule has 1 amide bonds.